The smallest absolute Gasteiger partial charge is 0.136 e. The molecule has 0 saturated heterocycles. The van der Waals surface area contributed by atoms with E-state index in [1.165, 1.54) is 175 Å². The standard InChI is InChI=1S/2C48H31NO.C47H33NO/c1-3-10-32(11-4-1)34-20-24-39(25-21-34)49(40-26-22-35(23-27-40)33-12-5-2-6-13-33)44-29-28-41(42-15-7-8-16-43(42)44)38-30-37-19-18-36-14-9-17-45-47(36)48(37)46(31-38)50-45;1-3-8-32(9-4-1)34-18-23-42(24-19-34)49(43-25-20-35(21-26-43)33-10-5-2-6-11-33)44-27-22-37-28-38(15-16-39(37)30-44)41-29-40-17-14-36-12-7-13-45-47(36)48(40)46(31-41)50-45;1-47(2)41-13-7-6-12-39(41)40-26-25-38(29-42(40)47)48(36-21-17-31(18-22-36)30-9-4-3-5-10-30)37-23-19-32(20-24-37)35-27-34-16-15-33-11-8-14-43-45(33)46(34)44(28-35)49-43/h2*1-31H;3-29H,1-2H3. The van der Waals surface area contributed by atoms with Crippen LogP contribution in [-0.2, 0) is 5.41 Å². The maximum atomic E-state index is 6.44. The number of anilines is 9. The topological polar surface area (TPSA) is 49.1 Å². The van der Waals surface area contributed by atoms with Crippen LogP contribution in [-0.4, -0.2) is 0 Å². The highest BCUT2D eigenvalue weighted by Gasteiger charge is 2.36. The molecule has 6 nitrogen and oxygen atoms in total. The van der Waals surface area contributed by atoms with E-state index < -0.39 is 0 Å². The van der Waals surface area contributed by atoms with Crippen molar-refractivity contribution in [1.29, 1.82) is 0 Å². The normalized spacial score (nSPS) is 12.1. The fourth-order valence-corrected chi connectivity index (χ4v) is 23.3. The van der Waals surface area contributed by atoms with Gasteiger partial charge >= 0.3 is 0 Å². The summed E-state index contributed by atoms with van der Waals surface area (Å²) in [6.07, 6.45) is 0. The first-order chi connectivity index (χ1) is 73.6. The lowest BCUT2D eigenvalue weighted by molar-refractivity contribution is 0.660. The number of hydrogen-bond acceptors (Lipinski definition) is 6. The van der Waals surface area contributed by atoms with Gasteiger partial charge in [0.1, 0.15) is 33.5 Å². The van der Waals surface area contributed by atoms with Crippen LogP contribution >= 0.6 is 0 Å². The summed E-state index contributed by atoms with van der Waals surface area (Å²) in [6, 6.07) is 195. The van der Waals surface area contributed by atoms with E-state index in [1.54, 1.807) is 0 Å². The summed E-state index contributed by atoms with van der Waals surface area (Å²) in [5, 5.41) is 19.3. The molecule has 26 aromatic carbocycles. The highest BCUT2D eigenvalue weighted by Crippen LogP contribution is 2.54. The molecule has 0 saturated carbocycles. The van der Waals surface area contributed by atoms with Crippen LogP contribution in [0.3, 0.4) is 0 Å². The first-order valence-electron chi connectivity index (χ1n) is 51.2. The number of hydrogen-bond donors (Lipinski definition) is 0. The van der Waals surface area contributed by atoms with E-state index in [-0.39, 0.29) is 5.41 Å². The highest BCUT2D eigenvalue weighted by atomic mass is 16.3. The first kappa shape index (κ1) is 87.4. The van der Waals surface area contributed by atoms with Gasteiger partial charge in [0.15, 0.2) is 0 Å². The molecule has 1 aliphatic rings. The predicted octanol–water partition coefficient (Wildman–Crippen LogP) is 40.9. The van der Waals surface area contributed by atoms with Gasteiger partial charge in [0, 0.05) is 88.6 Å². The van der Waals surface area contributed by atoms with E-state index in [9.17, 15) is 0 Å². The van der Waals surface area contributed by atoms with Gasteiger partial charge < -0.3 is 28.0 Å². The molecule has 1 aliphatic carbocycles. The van der Waals surface area contributed by atoms with Crippen molar-refractivity contribution in [1.82, 2.24) is 0 Å². The fourth-order valence-electron chi connectivity index (χ4n) is 23.3. The Hall–Kier alpha value is -19.4. The zero-order valence-electron chi connectivity index (χ0n) is 82.0. The second-order valence-corrected chi connectivity index (χ2v) is 39.7. The van der Waals surface area contributed by atoms with Crippen LogP contribution < -0.4 is 14.7 Å². The number of rotatable bonds is 17. The van der Waals surface area contributed by atoms with Crippen molar-refractivity contribution in [2.24, 2.45) is 0 Å². The van der Waals surface area contributed by atoms with E-state index in [0.717, 1.165) is 107 Å². The summed E-state index contributed by atoms with van der Waals surface area (Å²) in [4.78, 5) is 7.11. The molecule has 0 spiro atoms. The summed E-state index contributed by atoms with van der Waals surface area (Å²) in [5.74, 6) is 0. The molecule has 0 unspecified atom stereocenters. The molecule has 3 aromatic heterocycles. The maximum absolute atomic E-state index is 6.44. The lowest BCUT2D eigenvalue weighted by Gasteiger charge is -2.28. The summed E-state index contributed by atoms with van der Waals surface area (Å²) >= 11 is 0. The van der Waals surface area contributed by atoms with Gasteiger partial charge in [-0.2, -0.15) is 0 Å². The van der Waals surface area contributed by atoms with Crippen molar-refractivity contribution < 1.29 is 13.3 Å². The molecule has 3 heterocycles. The minimum Gasteiger partial charge on any atom is -0.456 e. The van der Waals surface area contributed by atoms with Crippen molar-refractivity contribution >= 4 is 171 Å². The van der Waals surface area contributed by atoms with Crippen molar-refractivity contribution in [3.63, 3.8) is 0 Å². The maximum Gasteiger partial charge on any atom is 0.136 e. The number of benzene rings is 26. The molecule has 0 aliphatic heterocycles. The summed E-state index contributed by atoms with van der Waals surface area (Å²) in [5.41, 5.74) is 40.0. The first-order valence-corrected chi connectivity index (χ1v) is 51.2. The SMILES string of the molecule is CC1(C)c2ccccc2-c2ccc(N(c3ccc(-c4ccccc4)cc3)c3ccc(-c4cc5ccc6cccc7oc(c4)c5c67)cc3)cc21.c1ccc(-c2ccc(N(c3ccc(-c4ccccc4)cc3)c3ccc(-c4cc5ccc6cccc7oc(c4)c5c67)c4ccccc34)cc2)cc1.c1ccc(-c2ccc(N(c3ccc(-c4ccccc4)cc3)c3ccc4cc(-c5cc6ccc7cccc8oc(c5)c6c78)ccc4c3)cc2)cc1. The Morgan fingerprint density at radius 3 is 0.846 bits per heavy atom. The molecular weight excluding hydrogens is 1810 g/mol. The van der Waals surface area contributed by atoms with E-state index in [2.05, 4.69) is 568 Å². The summed E-state index contributed by atoms with van der Waals surface area (Å²) in [6.45, 7) is 4.69. The molecule has 0 atom stereocenters. The molecule has 0 bridgehead atoms. The number of fused-ring (bicyclic) bond motifs is 5. The minimum absolute atomic E-state index is 0.0839. The van der Waals surface area contributed by atoms with Crippen LogP contribution in [0.2, 0.25) is 0 Å². The third kappa shape index (κ3) is 15.6. The molecular formula is C143H95N3O3. The minimum atomic E-state index is -0.0839. The molecule has 6 heteroatoms. The number of furan rings is 3. The van der Waals surface area contributed by atoms with Gasteiger partial charge in [-0.1, -0.05) is 390 Å². The lowest BCUT2D eigenvalue weighted by atomic mass is 9.82. The molecule has 0 fully saturated rings. The van der Waals surface area contributed by atoms with Crippen LogP contribution in [0.1, 0.15) is 25.0 Å². The largest absolute Gasteiger partial charge is 0.456 e. The second kappa shape index (κ2) is 36.2. The monoisotopic (exact) mass is 1900 g/mol. The van der Waals surface area contributed by atoms with E-state index >= 15 is 0 Å². The molecule has 29 aromatic rings. The number of nitrogens with zero attached hydrogens (tertiary/aromatic N) is 3. The van der Waals surface area contributed by atoms with Gasteiger partial charge in [-0.05, 0) is 324 Å². The third-order valence-corrected chi connectivity index (χ3v) is 30.6. The Labute approximate surface area is 863 Å². The summed E-state index contributed by atoms with van der Waals surface area (Å²) < 4.78 is 19.2. The average Bonchev–Trinajstić information content (AvgIpc) is 1.56. The van der Waals surface area contributed by atoms with E-state index in [0.29, 0.717) is 0 Å². The van der Waals surface area contributed by atoms with Crippen LogP contribution in [0.25, 0.3) is 220 Å². The van der Waals surface area contributed by atoms with Gasteiger partial charge in [0.05, 0.1) is 5.69 Å². The van der Waals surface area contributed by atoms with Crippen LogP contribution in [0.15, 0.2) is 553 Å². The molecule has 0 amide bonds. The average molecular weight is 1900 g/mol. The Balaban J connectivity index is 0.000000108. The molecule has 149 heavy (non-hydrogen) atoms. The Bertz CT molecular complexity index is 9900. The van der Waals surface area contributed by atoms with Crippen LogP contribution in [0.5, 0.6) is 0 Å². The zero-order valence-corrected chi connectivity index (χ0v) is 82.0. The quantitative estimate of drug-likeness (QED) is 0.0847. The fraction of sp³-hybridized carbons (Fsp3) is 0.0210. The Kier molecular flexibility index (Phi) is 21.2. The molecule has 0 N–H and O–H groups in total. The Morgan fingerprint density at radius 1 is 0.148 bits per heavy atom. The van der Waals surface area contributed by atoms with Gasteiger partial charge in [-0.3, -0.25) is 0 Å². The Morgan fingerprint density at radius 2 is 0.423 bits per heavy atom. The molecule has 30 rings (SSSR count). The lowest BCUT2D eigenvalue weighted by Crippen LogP contribution is -2.16. The second-order valence-electron chi connectivity index (χ2n) is 39.7. The van der Waals surface area contributed by atoms with Gasteiger partial charge in [0.2, 0.25) is 0 Å². The highest BCUT2D eigenvalue weighted by molar-refractivity contribution is 6.26. The van der Waals surface area contributed by atoms with Gasteiger partial charge in [0.25, 0.3) is 0 Å². The predicted molar refractivity (Wildman–Crippen MR) is 627 cm³/mol. The van der Waals surface area contributed by atoms with Crippen LogP contribution in [0.4, 0.5) is 51.2 Å². The van der Waals surface area contributed by atoms with Gasteiger partial charge in [-0.25, -0.2) is 0 Å². The van der Waals surface area contributed by atoms with Gasteiger partial charge in [-0.15, -0.1) is 0 Å². The third-order valence-electron chi connectivity index (χ3n) is 30.6. The molecule has 700 valence electrons. The van der Waals surface area contributed by atoms with E-state index in [4.69, 9.17) is 13.3 Å². The van der Waals surface area contributed by atoms with Crippen molar-refractivity contribution in [3.05, 3.63) is 551 Å². The zero-order chi connectivity index (χ0) is 98.7. The van der Waals surface area contributed by atoms with Crippen molar-refractivity contribution in [2.45, 2.75) is 19.3 Å². The molecule has 0 radical (unpaired) electrons. The summed E-state index contributed by atoms with van der Waals surface area (Å²) in [7, 11) is 0. The van der Waals surface area contributed by atoms with Crippen LogP contribution in [0, 0.1) is 0 Å². The van der Waals surface area contributed by atoms with Crippen molar-refractivity contribution in [2.75, 3.05) is 14.7 Å². The van der Waals surface area contributed by atoms with Crippen molar-refractivity contribution in [3.8, 4) is 100 Å². The van der Waals surface area contributed by atoms with E-state index in [1.807, 2.05) is 0 Å².